The molecule has 21 heavy (non-hydrogen) atoms. The lowest BCUT2D eigenvalue weighted by atomic mass is 9.76. The fraction of sp³-hybridized carbons (Fsp3) is 0.812. The molecule has 1 saturated carbocycles. The number of nitrogens with zero attached hydrogens (tertiary/aromatic N) is 2. The van der Waals surface area contributed by atoms with Crippen molar-refractivity contribution in [1.29, 1.82) is 5.26 Å². The molecular weight excluding hydrogens is 266 g/mol. The molecule has 5 heteroatoms. The van der Waals surface area contributed by atoms with Gasteiger partial charge in [0.25, 0.3) is 0 Å². The largest absolute Gasteiger partial charge is 0.359 e. The molecule has 0 radical (unpaired) electrons. The number of carbonyl (C=O) groups is 2. The zero-order chi connectivity index (χ0) is 15.5. The third-order valence-corrected chi connectivity index (χ3v) is 5.11. The van der Waals surface area contributed by atoms with Crippen molar-refractivity contribution in [3.63, 3.8) is 0 Å². The summed E-state index contributed by atoms with van der Waals surface area (Å²) in [4.78, 5) is 26.6. The van der Waals surface area contributed by atoms with Gasteiger partial charge in [0, 0.05) is 32.0 Å². The highest BCUT2D eigenvalue weighted by atomic mass is 16.2. The first-order valence-corrected chi connectivity index (χ1v) is 7.92. The lowest BCUT2D eigenvalue weighted by Gasteiger charge is -2.39. The monoisotopic (exact) mass is 291 g/mol. The minimum Gasteiger partial charge on any atom is -0.359 e. The molecule has 0 aromatic rings. The van der Waals surface area contributed by atoms with Crippen LogP contribution in [0.2, 0.25) is 0 Å². The first-order chi connectivity index (χ1) is 10.0. The molecular formula is C16H25N3O2. The van der Waals surface area contributed by atoms with Gasteiger partial charge in [0.2, 0.25) is 11.8 Å². The van der Waals surface area contributed by atoms with E-state index in [1.165, 1.54) is 0 Å². The number of likely N-dealkylation sites (tertiary alicyclic amines) is 1. The minimum atomic E-state index is -0.302. The Morgan fingerprint density at radius 2 is 1.76 bits per heavy atom. The van der Waals surface area contributed by atoms with Crippen molar-refractivity contribution in [3.8, 4) is 6.07 Å². The molecule has 2 amide bonds. The highest BCUT2D eigenvalue weighted by molar-refractivity contribution is 5.87. The zero-order valence-corrected chi connectivity index (χ0v) is 13.0. The number of hydrogen-bond acceptors (Lipinski definition) is 3. The van der Waals surface area contributed by atoms with Gasteiger partial charge >= 0.3 is 0 Å². The molecule has 1 aliphatic carbocycles. The van der Waals surface area contributed by atoms with Crippen LogP contribution in [0.4, 0.5) is 0 Å². The number of piperidine rings is 1. The Hall–Kier alpha value is -1.57. The number of amides is 2. The molecule has 1 aliphatic heterocycles. The average molecular weight is 291 g/mol. The van der Waals surface area contributed by atoms with E-state index in [9.17, 15) is 9.59 Å². The van der Waals surface area contributed by atoms with Crippen molar-refractivity contribution in [2.45, 2.75) is 45.4 Å². The van der Waals surface area contributed by atoms with E-state index in [1.54, 1.807) is 7.05 Å². The van der Waals surface area contributed by atoms with Gasteiger partial charge in [-0.3, -0.25) is 9.59 Å². The molecule has 1 N–H and O–H groups in total. The van der Waals surface area contributed by atoms with E-state index in [2.05, 4.69) is 11.4 Å². The summed E-state index contributed by atoms with van der Waals surface area (Å²) in [6, 6.07) is 2.35. The first-order valence-electron chi connectivity index (χ1n) is 7.92. The van der Waals surface area contributed by atoms with E-state index in [-0.39, 0.29) is 29.1 Å². The molecule has 2 fully saturated rings. The average Bonchev–Trinajstić information content (AvgIpc) is 2.54. The standard InChI is InChI=1S/C16H25N3O2/c1-16(11-17)7-9-19(10-8-16)15(21)13-6-4-3-5-12(13)14(20)18-2/h12-13H,3-10H2,1-2H3,(H,18,20)/t12-,13+/m1/s1. The van der Waals surface area contributed by atoms with E-state index in [4.69, 9.17) is 5.26 Å². The molecule has 0 aromatic heterocycles. The normalized spacial score (nSPS) is 28.5. The Labute approximate surface area is 126 Å². The SMILES string of the molecule is CNC(=O)[C@@H]1CCCC[C@@H]1C(=O)N1CCC(C)(C#N)CC1. The summed E-state index contributed by atoms with van der Waals surface area (Å²) in [6.07, 6.45) is 5.12. The first kappa shape index (κ1) is 15.8. The van der Waals surface area contributed by atoms with Gasteiger partial charge < -0.3 is 10.2 Å². The van der Waals surface area contributed by atoms with Gasteiger partial charge in [-0.25, -0.2) is 0 Å². The van der Waals surface area contributed by atoms with Crippen molar-refractivity contribution in [2.24, 2.45) is 17.3 Å². The Bertz CT molecular complexity index is 447. The molecule has 0 unspecified atom stereocenters. The van der Waals surface area contributed by atoms with Crippen LogP contribution in [0.15, 0.2) is 0 Å². The van der Waals surface area contributed by atoms with Crippen LogP contribution in [0, 0.1) is 28.6 Å². The highest BCUT2D eigenvalue weighted by Crippen LogP contribution is 2.35. The van der Waals surface area contributed by atoms with E-state index in [0.29, 0.717) is 13.1 Å². The summed E-state index contributed by atoms with van der Waals surface area (Å²) in [5.74, 6) is -0.249. The molecule has 2 atom stereocenters. The van der Waals surface area contributed by atoms with Gasteiger partial charge in [0.1, 0.15) is 0 Å². The smallest absolute Gasteiger partial charge is 0.226 e. The minimum absolute atomic E-state index is 0.00748. The lowest BCUT2D eigenvalue weighted by Crippen LogP contribution is -2.48. The summed E-state index contributed by atoms with van der Waals surface area (Å²) in [5, 5.41) is 11.9. The van der Waals surface area contributed by atoms with Gasteiger partial charge in [0.15, 0.2) is 0 Å². The number of nitrogens with one attached hydrogen (secondary N) is 1. The van der Waals surface area contributed by atoms with E-state index >= 15 is 0 Å². The molecule has 116 valence electrons. The van der Waals surface area contributed by atoms with Crippen LogP contribution in [-0.2, 0) is 9.59 Å². The lowest BCUT2D eigenvalue weighted by molar-refractivity contribution is -0.145. The molecule has 5 nitrogen and oxygen atoms in total. The van der Waals surface area contributed by atoms with Crippen LogP contribution in [-0.4, -0.2) is 36.9 Å². The summed E-state index contributed by atoms with van der Waals surface area (Å²) in [6.45, 7) is 3.24. The maximum absolute atomic E-state index is 12.7. The van der Waals surface area contributed by atoms with Crippen molar-refractivity contribution in [2.75, 3.05) is 20.1 Å². The molecule has 1 heterocycles. The van der Waals surface area contributed by atoms with Gasteiger partial charge in [-0.05, 0) is 32.6 Å². The van der Waals surface area contributed by atoms with Crippen molar-refractivity contribution < 1.29 is 9.59 Å². The second-order valence-electron chi connectivity index (χ2n) is 6.61. The Balaban J connectivity index is 2.02. The van der Waals surface area contributed by atoms with Crippen LogP contribution < -0.4 is 5.32 Å². The van der Waals surface area contributed by atoms with E-state index < -0.39 is 0 Å². The van der Waals surface area contributed by atoms with E-state index in [1.807, 2.05) is 11.8 Å². The molecule has 0 spiro atoms. The van der Waals surface area contributed by atoms with Gasteiger partial charge in [0.05, 0.1) is 11.5 Å². The quantitative estimate of drug-likeness (QED) is 0.841. The Kier molecular flexibility index (Phi) is 4.87. The summed E-state index contributed by atoms with van der Waals surface area (Å²) in [5.41, 5.74) is -0.302. The third kappa shape index (κ3) is 3.37. The molecule has 2 aliphatic rings. The van der Waals surface area contributed by atoms with Crippen LogP contribution in [0.5, 0.6) is 0 Å². The molecule has 0 aromatic carbocycles. The van der Waals surface area contributed by atoms with Crippen molar-refractivity contribution in [1.82, 2.24) is 10.2 Å². The van der Waals surface area contributed by atoms with Crippen molar-refractivity contribution >= 4 is 11.8 Å². The van der Waals surface area contributed by atoms with E-state index in [0.717, 1.165) is 38.5 Å². The summed E-state index contributed by atoms with van der Waals surface area (Å²) < 4.78 is 0. The Morgan fingerprint density at radius 3 is 2.29 bits per heavy atom. The predicted octanol–water partition coefficient (Wildman–Crippen LogP) is 1.69. The highest BCUT2D eigenvalue weighted by Gasteiger charge is 2.39. The topological polar surface area (TPSA) is 73.2 Å². The zero-order valence-electron chi connectivity index (χ0n) is 13.0. The second kappa shape index (κ2) is 6.46. The summed E-state index contributed by atoms with van der Waals surface area (Å²) in [7, 11) is 1.64. The Morgan fingerprint density at radius 1 is 1.19 bits per heavy atom. The predicted molar refractivity (Wildman–Crippen MR) is 79.0 cm³/mol. The van der Waals surface area contributed by atoms with Gasteiger partial charge in [-0.15, -0.1) is 0 Å². The van der Waals surface area contributed by atoms with Crippen LogP contribution in [0.1, 0.15) is 45.4 Å². The molecule has 2 rings (SSSR count). The van der Waals surface area contributed by atoms with Crippen LogP contribution in [0.25, 0.3) is 0 Å². The number of nitriles is 1. The number of hydrogen-bond donors (Lipinski definition) is 1. The molecule has 1 saturated heterocycles. The fourth-order valence-corrected chi connectivity index (χ4v) is 3.49. The van der Waals surface area contributed by atoms with Gasteiger partial charge in [-0.2, -0.15) is 5.26 Å². The second-order valence-corrected chi connectivity index (χ2v) is 6.61. The number of rotatable bonds is 2. The third-order valence-electron chi connectivity index (χ3n) is 5.11. The summed E-state index contributed by atoms with van der Waals surface area (Å²) >= 11 is 0. The van der Waals surface area contributed by atoms with Crippen LogP contribution >= 0.6 is 0 Å². The van der Waals surface area contributed by atoms with Gasteiger partial charge in [-0.1, -0.05) is 12.8 Å². The van der Waals surface area contributed by atoms with Crippen molar-refractivity contribution in [3.05, 3.63) is 0 Å². The fourth-order valence-electron chi connectivity index (χ4n) is 3.49. The maximum atomic E-state index is 12.7. The maximum Gasteiger partial charge on any atom is 0.226 e. The molecule has 0 bridgehead atoms. The number of carbonyl (C=O) groups excluding carboxylic acids is 2. The van der Waals surface area contributed by atoms with Crippen LogP contribution in [0.3, 0.4) is 0 Å².